The summed E-state index contributed by atoms with van der Waals surface area (Å²) in [6.45, 7) is 10.0. The molecule has 0 amide bonds. The molecule has 84 valence electrons. The minimum absolute atomic E-state index is 0.562. The zero-order valence-corrected chi connectivity index (χ0v) is 10.3. The highest BCUT2D eigenvalue weighted by Crippen LogP contribution is 2.22. The molecule has 1 aliphatic heterocycles. The van der Waals surface area contributed by atoms with E-state index in [-0.39, 0.29) is 0 Å². The number of nitrogens with zero attached hydrogens (tertiary/aromatic N) is 2. The van der Waals surface area contributed by atoms with Gasteiger partial charge in [-0.3, -0.25) is 4.90 Å². The zero-order chi connectivity index (χ0) is 10.7. The summed E-state index contributed by atoms with van der Waals surface area (Å²) >= 11 is 1.86. The average Bonchev–Trinajstić information content (AvgIpc) is 2.68. The standard InChI is InChI=1S/C11H19N3S/c1-9(2)11-13-7-10(15-11)8-14-5-3-12-4-6-14/h7,9,12H,3-6,8H2,1-2H3. The Labute approximate surface area is 95.5 Å². The second-order valence-electron chi connectivity index (χ2n) is 4.35. The van der Waals surface area contributed by atoms with Gasteiger partial charge in [-0.25, -0.2) is 4.98 Å². The highest BCUT2D eigenvalue weighted by atomic mass is 32.1. The lowest BCUT2D eigenvalue weighted by molar-refractivity contribution is 0.235. The second kappa shape index (κ2) is 5.05. The summed E-state index contributed by atoms with van der Waals surface area (Å²) in [6.07, 6.45) is 2.04. The van der Waals surface area contributed by atoms with E-state index in [0.717, 1.165) is 32.7 Å². The van der Waals surface area contributed by atoms with Crippen molar-refractivity contribution in [3.05, 3.63) is 16.1 Å². The first-order chi connectivity index (χ1) is 7.25. The third kappa shape index (κ3) is 3.00. The number of hydrogen-bond acceptors (Lipinski definition) is 4. The van der Waals surface area contributed by atoms with Gasteiger partial charge in [-0.1, -0.05) is 13.8 Å². The van der Waals surface area contributed by atoms with Crippen molar-refractivity contribution < 1.29 is 0 Å². The molecule has 15 heavy (non-hydrogen) atoms. The monoisotopic (exact) mass is 225 g/mol. The van der Waals surface area contributed by atoms with E-state index in [1.165, 1.54) is 9.88 Å². The Morgan fingerprint density at radius 3 is 2.80 bits per heavy atom. The van der Waals surface area contributed by atoms with Gasteiger partial charge in [-0.2, -0.15) is 0 Å². The first-order valence-electron chi connectivity index (χ1n) is 5.63. The van der Waals surface area contributed by atoms with Crippen LogP contribution in [0.2, 0.25) is 0 Å². The molecule has 0 spiro atoms. The van der Waals surface area contributed by atoms with Crippen LogP contribution in [0.1, 0.15) is 29.7 Å². The van der Waals surface area contributed by atoms with E-state index < -0.39 is 0 Å². The third-order valence-electron chi connectivity index (χ3n) is 2.65. The molecular formula is C11H19N3S. The lowest BCUT2D eigenvalue weighted by atomic mass is 10.2. The SMILES string of the molecule is CC(C)c1ncc(CN2CCNCC2)s1. The predicted molar refractivity (Wildman–Crippen MR) is 64.3 cm³/mol. The molecule has 1 aromatic rings. The molecule has 2 heterocycles. The average molecular weight is 225 g/mol. The van der Waals surface area contributed by atoms with E-state index >= 15 is 0 Å². The number of thiazole rings is 1. The minimum Gasteiger partial charge on any atom is -0.314 e. The molecule has 0 aromatic carbocycles. The molecule has 4 heteroatoms. The van der Waals surface area contributed by atoms with E-state index in [0.29, 0.717) is 5.92 Å². The van der Waals surface area contributed by atoms with Gasteiger partial charge in [0.25, 0.3) is 0 Å². The van der Waals surface area contributed by atoms with E-state index in [9.17, 15) is 0 Å². The van der Waals surface area contributed by atoms with E-state index in [1.54, 1.807) is 0 Å². The van der Waals surface area contributed by atoms with Crippen LogP contribution in [0, 0.1) is 0 Å². The Kier molecular flexibility index (Phi) is 3.72. The van der Waals surface area contributed by atoms with Gasteiger partial charge in [0.2, 0.25) is 0 Å². The molecule has 1 saturated heterocycles. The summed E-state index contributed by atoms with van der Waals surface area (Å²) in [4.78, 5) is 8.35. The van der Waals surface area contributed by atoms with Crippen LogP contribution in [0.5, 0.6) is 0 Å². The Balaban J connectivity index is 1.91. The summed E-state index contributed by atoms with van der Waals surface area (Å²) in [5.74, 6) is 0.562. The topological polar surface area (TPSA) is 28.2 Å². The van der Waals surface area contributed by atoms with Gasteiger partial charge < -0.3 is 5.32 Å². The van der Waals surface area contributed by atoms with Crippen LogP contribution < -0.4 is 5.32 Å². The summed E-state index contributed by atoms with van der Waals surface area (Å²) < 4.78 is 0. The number of hydrogen-bond donors (Lipinski definition) is 1. The maximum Gasteiger partial charge on any atom is 0.0953 e. The van der Waals surface area contributed by atoms with Crippen molar-refractivity contribution in [1.82, 2.24) is 15.2 Å². The van der Waals surface area contributed by atoms with Gasteiger partial charge in [0.15, 0.2) is 0 Å². The van der Waals surface area contributed by atoms with Gasteiger partial charge in [-0.15, -0.1) is 11.3 Å². The van der Waals surface area contributed by atoms with E-state index in [4.69, 9.17) is 0 Å². The molecule has 0 atom stereocenters. The Hall–Kier alpha value is -0.450. The molecule has 1 fully saturated rings. The van der Waals surface area contributed by atoms with Crippen LogP contribution in [0.25, 0.3) is 0 Å². The molecule has 2 rings (SSSR count). The number of nitrogens with one attached hydrogen (secondary N) is 1. The van der Waals surface area contributed by atoms with Crippen LogP contribution in [-0.4, -0.2) is 36.1 Å². The quantitative estimate of drug-likeness (QED) is 0.848. The molecule has 0 aliphatic carbocycles. The second-order valence-corrected chi connectivity index (χ2v) is 5.49. The largest absolute Gasteiger partial charge is 0.314 e. The van der Waals surface area contributed by atoms with Crippen molar-refractivity contribution in [2.45, 2.75) is 26.3 Å². The van der Waals surface area contributed by atoms with Crippen molar-refractivity contribution in [2.75, 3.05) is 26.2 Å². The van der Waals surface area contributed by atoms with Crippen molar-refractivity contribution in [2.24, 2.45) is 0 Å². The lowest BCUT2D eigenvalue weighted by Crippen LogP contribution is -2.42. The van der Waals surface area contributed by atoms with Crippen LogP contribution >= 0.6 is 11.3 Å². The fourth-order valence-electron chi connectivity index (χ4n) is 1.75. The first kappa shape index (κ1) is 11.0. The summed E-state index contributed by atoms with van der Waals surface area (Å²) in [7, 11) is 0. The maximum absolute atomic E-state index is 4.46. The Morgan fingerprint density at radius 2 is 2.20 bits per heavy atom. The number of piperazine rings is 1. The molecule has 0 unspecified atom stereocenters. The molecule has 1 N–H and O–H groups in total. The van der Waals surface area contributed by atoms with Gasteiger partial charge in [0.1, 0.15) is 0 Å². The van der Waals surface area contributed by atoms with Gasteiger partial charge in [-0.05, 0) is 0 Å². The van der Waals surface area contributed by atoms with E-state index in [1.807, 2.05) is 17.5 Å². The fourth-order valence-corrected chi connectivity index (χ4v) is 2.71. The maximum atomic E-state index is 4.46. The summed E-state index contributed by atoms with van der Waals surface area (Å²) in [5, 5.41) is 4.63. The fraction of sp³-hybridized carbons (Fsp3) is 0.727. The molecule has 0 radical (unpaired) electrons. The van der Waals surface area contributed by atoms with Crippen LogP contribution in [0.3, 0.4) is 0 Å². The number of rotatable bonds is 3. The summed E-state index contributed by atoms with van der Waals surface area (Å²) in [6, 6.07) is 0. The zero-order valence-electron chi connectivity index (χ0n) is 9.49. The van der Waals surface area contributed by atoms with Crippen molar-refractivity contribution in [3.8, 4) is 0 Å². The summed E-state index contributed by atoms with van der Waals surface area (Å²) in [5.41, 5.74) is 0. The Bertz CT molecular complexity index is 303. The van der Waals surface area contributed by atoms with Gasteiger partial charge in [0, 0.05) is 49.7 Å². The van der Waals surface area contributed by atoms with Crippen molar-refractivity contribution in [3.63, 3.8) is 0 Å². The minimum atomic E-state index is 0.562. The van der Waals surface area contributed by atoms with Crippen LogP contribution in [0.15, 0.2) is 6.20 Å². The van der Waals surface area contributed by atoms with Crippen molar-refractivity contribution >= 4 is 11.3 Å². The highest BCUT2D eigenvalue weighted by molar-refractivity contribution is 7.11. The molecule has 1 aromatic heterocycles. The number of aromatic nitrogens is 1. The Morgan fingerprint density at radius 1 is 1.47 bits per heavy atom. The lowest BCUT2D eigenvalue weighted by Gasteiger charge is -2.26. The van der Waals surface area contributed by atoms with Crippen molar-refractivity contribution in [1.29, 1.82) is 0 Å². The first-order valence-corrected chi connectivity index (χ1v) is 6.45. The smallest absolute Gasteiger partial charge is 0.0953 e. The van der Waals surface area contributed by atoms with Gasteiger partial charge >= 0.3 is 0 Å². The molecule has 0 saturated carbocycles. The molecule has 3 nitrogen and oxygen atoms in total. The molecule has 1 aliphatic rings. The normalized spacial score (nSPS) is 18.6. The predicted octanol–water partition coefficient (Wildman–Crippen LogP) is 1.67. The molecule has 0 bridgehead atoms. The molecular weight excluding hydrogens is 206 g/mol. The van der Waals surface area contributed by atoms with Crippen LogP contribution in [-0.2, 0) is 6.54 Å². The third-order valence-corrected chi connectivity index (χ3v) is 3.94. The highest BCUT2D eigenvalue weighted by Gasteiger charge is 2.12. The van der Waals surface area contributed by atoms with Gasteiger partial charge in [0.05, 0.1) is 5.01 Å². The van der Waals surface area contributed by atoms with E-state index in [2.05, 4.69) is 29.0 Å². The van der Waals surface area contributed by atoms with Crippen LogP contribution in [0.4, 0.5) is 0 Å².